The van der Waals surface area contributed by atoms with Gasteiger partial charge in [0.2, 0.25) is 11.8 Å². The van der Waals surface area contributed by atoms with Gasteiger partial charge in [-0.2, -0.15) is 0 Å². The Morgan fingerprint density at radius 2 is 1.97 bits per heavy atom. The molecule has 0 spiro atoms. The van der Waals surface area contributed by atoms with Crippen LogP contribution in [0.3, 0.4) is 0 Å². The standard InChI is InChI=1S/C26H29N3O4/c1-18-14-20(22-6-3-4-7-23(22)27-18)17-33-21-10-8-19(9-11-21)15-26(16-24(30)28-32)12-5-13-29(2)25(26)31/h3-4,6-11,14,32H,5,12-13,15-17H2,1-2H3,(H,28,30). The molecular weight excluding hydrogens is 418 g/mol. The van der Waals surface area contributed by atoms with Crippen molar-refractivity contribution in [3.05, 3.63) is 71.4 Å². The van der Waals surface area contributed by atoms with Crippen molar-refractivity contribution in [2.45, 2.75) is 39.2 Å². The van der Waals surface area contributed by atoms with E-state index in [0.29, 0.717) is 26.0 Å². The highest BCUT2D eigenvalue weighted by atomic mass is 16.5. The quantitative estimate of drug-likeness (QED) is 0.425. The first-order valence-electron chi connectivity index (χ1n) is 11.2. The summed E-state index contributed by atoms with van der Waals surface area (Å²) in [6, 6.07) is 17.7. The fraction of sp³-hybridized carbons (Fsp3) is 0.346. The van der Waals surface area contributed by atoms with Crippen molar-refractivity contribution >= 4 is 22.7 Å². The number of nitrogens with zero attached hydrogens (tertiary/aromatic N) is 2. The summed E-state index contributed by atoms with van der Waals surface area (Å²) in [6.45, 7) is 3.08. The first-order chi connectivity index (χ1) is 15.9. The molecule has 33 heavy (non-hydrogen) atoms. The lowest BCUT2D eigenvalue weighted by Crippen LogP contribution is -2.50. The maximum atomic E-state index is 13.0. The number of nitrogens with one attached hydrogen (secondary N) is 1. The van der Waals surface area contributed by atoms with E-state index in [0.717, 1.165) is 39.9 Å². The average molecular weight is 448 g/mol. The van der Waals surface area contributed by atoms with Crippen LogP contribution in [0.1, 0.15) is 36.1 Å². The lowest BCUT2D eigenvalue weighted by molar-refractivity contribution is -0.150. The number of benzene rings is 2. The maximum Gasteiger partial charge on any atom is 0.244 e. The number of carbonyl (C=O) groups is 2. The number of amides is 2. The number of pyridine rings is 1. The number of aromatic nitrogens is 1. The molecule has 1 aromatic heterocycles. The number of aryl methyl sites for hydroxylation is 1. The molecule has 3 aromatic rings. The molecule has 2 N–H and O–H groups in total. The summed E-state index contributed by atoms with van der Waals surface area (Å²) >= 11 is 0. The Morgan fingerprint density at radius 3 is 2.73 bits per heavy atom. The predicted molar refractivity (Wildman–Crippen MR) is 125 cm³/mol. The van der Waals surface area contributed by atoms with Gasteiger partial charge in [-0.3, -0.25) is 19.8 Å². The van der Waals surface area contributed by atoms with Gasteiger partial charge in [-0.25, -0.2) is 5.48 Å². The van der Waals surface area contributed by atoms with Gasteiger partial charge in [-0.05, 0) is 56.0 Å². The third-order valence-electron chi connectivity index (χ3n) is 6.36. The molecule has 0 bridgehead atoms. The van der Waals surface area contributed by atoms with Crippen molar-refractivity contribution in [2.75, 3.05) is 13.6 Å². The Balaban J connectivity index is 1.49. The normalized spacial score (nSPS) is 18.4. The molecule has 7 nitrogen and oxygen atoms in total. The summed E-state index contributed by atoms with van der Waals surface area (Å²) in [5, 5.41) is 10.1. The van der Waals surface area contributed by atoms with E-state index in [1.807, 2.05) is 61.5 Å². The number of likely N-dealkylation sites (tertiary alicyclic amines) is 1. The number of hydrogen-bond acceptors (Lipinski definition) is 5. The first-order valence-corrected chi connectivity index (χ1v) is 11.2. The van der Waals surface area contributed by atoms with Gasteiger partial charge >= 0.3 is 0 Å². The van der Waals surface area contributed by atoms with E-state index >= 15 is 0 Å². The van der Waals surface area contributed by atoms with Crippen LogP contribution in [0.15, 0.2) is 54.6 Å². The van der Waals surface area contributed by atoms with E-state index < -0.39 is 11.3 Å². The van der Waals surface area contributed by atoms with Crippen LogP contribution in [0.5, 0.6) is 5.75 Å². The lowest BCUT2D eigenvalue weighted by Gasteiger charge is -2.40. The molecule has 1 fully saturated rings. The molecule has 0 aliphatic carbocycles. The second kappa shape index (κ2) is 9.58. The second-order valence-electron chi connectivity index (χ2n) is 8.87. The zero-order valence-corrected chi connectivity index (χ0v) is 19.0. The van der Waals surface area contributed by atoms with Crippen molar-refractivity contribution in [1.82, 2.24) is 15.4 Å². The molecule has 2 heterocycles. The van der Waals surface area contributed by atoms with E-state index in [2.05, 4.69) is 4.98 Å². The van der Waals surface area contributed by atoms with Crippen LogP contribution in [-0.2, 0) is 22.6 Å². The zero-order chi connectivity index (χ0) is 23.4. The van der Waals surface area contributed by atoms with Gasteiger partial charge in [0, 0.05) is 36.7 Å². The minimum atomic E-state index is -0.852. The number of fused-ring (bicyclic) bond motifs is 1. The van der Waals surface area contributed by atoms with Crippen LogP contribution in [0, 0.1) is 12.3 Å². The summed E-state index contributed by atoms with van der Waals surface area (Å²) in [6.07, 6.45) is 1.81. The van der Waals surface area contributed by atoms with Crippen molar-refractivity contribution in [1.29, 1.82) is 0 Å². The molecule has 1 aliphatic heterocycles. The molecule has 0 saturated carbocycles. The second-order valence-corrected chi connectivity index (χ2v) is 8.87. The molecule has 2 amide bonds. The lowest BCUT2D eigenvalue weighted by atomic mass is 9.72. The van der Waals surface area contributed by atoms with Crippen LogP contribution < -0.4 is 10.2 Å². The first kappa shape index (κ1) is 22.7. The summed E-state index contributed by atoms with van der Waals surface area (Å²) < 4.78 is 6.05. The van der Waals surface area contributed by atoms with E-state index in [9.17, 15) is 9.59 Å². The average Bonchev–Trinajstić information content (AvgIpc) is 2.81. The number of hydroxylamine groups is 1. The highest BCUT2D eigenvalue weighted by Gasteiger charge is 2.44. The fourth-order valence-electron chi connectivity index (χ4n) is 4.77. The topological polar surface area (TPSA) is 91.8 Å². The number of ether oxygens (including phenoxy) is 1. The van der Waals surface area contributed by atoms with Crippen LogP contribution in [0.4, 0.5) is 0 Å². The third-order valence-corrected chi connectivity index (χ3v) is 6.36. The van der Waals surface area contributed by atoms with Crippen molar-refractivity contribution in [3.8, 4) is 5.75 Å². The number of piperidine rings is 1. The van der Waals surface area contributed by atoms with Gasteiger partial charge in [0.05, 0.1) is 10.9 Å². The van der Waals surface area contributed by atoms with Crippen LogP contribution in [-0.4, -0.2) is 40.5 Å². The molecule has 1 saturated heterocycles. The molecule has 7 heteroatoms. The van der Waals surface area contributed by atoms with Crippen molar-refractivity contribution in [2.24, 2.45) is 5.41 Å². The zero-order valence-electron chi connectivity index (χ0n) is 19.0. The Kier molecular flexibility index (Phi) is 6.60. The highest BCUT2D eigenvalue weighted by Crippen LogP contribution is 2.38. The largest absolute Gasteiger partial charge is 0.489 e. The summed E-state index contributed by atoms with van der Waals surface area (Å²) in [4.78, 5) is 31.2. The molecule has 1 unspecified atom stereocenters. The Morgan fingerprint density at radius 1 is 1.21 bits per heavy atom. The smallest absolute Gasteiger partial charge is 0.244 e. The molecule has 1 atom stereocenters. The van der Waals surface area contributed by atoms with Gasteiger partial charge in [0.25, 0.3) is 0 Å². The van der Waals surface area contributed by atoms with Crippen LogP contribution in [0.2, 0.25) is 0 Å². The van der Waals surface area contributed by atoms with Crippen molar-refractivity contribution < 1.29 is 19.5 Å². The molecular formula is C26H29N3O4. The monoisotopic (exact) mass is 447 g/mol. The number of para-hydroxylation sites is 1. The predicted octanol–water partition coefficient (Wildman–Crippen LogP) is 3.80. The molecule has 2 aromatic carbocycles. The van der Waals surface area contributed by atoms with Gasteiger partial charge < -0.3 is 9.64 Å². The SMILES string of the molecule is Cc1cc(COc2ccc(CC3(CC(=O)NO)CCCN(C)C3=O)cc2)c2ccccc2n1. The van der Waals surface area contributed by atoms with Gasteiger partial charge in [0.15, 0.2) is 0 Å². The fourth-order valence-corrected chi connectivity index (χ4v) is 4.77. The summed E-state index contributed by atoms with van der Waals surface area (Å²) in [7, 11) is 1.76. The molecule has 4 rings (SSSR count). The minimum absolute atomic E-state index is 0.0423. The van der Waals surface area contributed by atoms with E-state index in [4.69, 9.17) is 9.94 Å². The van der Waals surface area contributed by atoms with Gasteiger partial charge in [0.1, 0.15) is 12.4 Å². The molecule has 1 aliphatic rings. The summed E-state index contributed by atoms with van der Waals surface area (Å²) in [5.41, 5.74) is 4.75. The van der Waals surface area contributed by atoms with E-state index in [-0.39, 0.29) is 12.3 Å². The van der Waals surface area contributed by atoms with E-state index in [1.165, 1.54) is 0 Å². The number of rotatable bonds is 7. The molecule has 0 radical (unpaired) electrons. The third kappa shape index (κ3) is 4.98. The van der Waals surface area contributed by atoms with E-state index in [1.54, 1.807) is 17.4 Å². The Bertz CT molecular complexity index is 1160. The van der Waals surface area contributed by atoms with Gasteiger partial charge in [-0.15, -0.1) is 0 Å². The van der Waals surface area contributed by atoms with Crippen LogP contribution >= 0.6 is 0 Å². The molecule has 172 valence electrons. The highest BCUT2D eigenvalue weighted by molar-refractivity contribution is 5.89. The Labute approximate surface area is 193 Å². The van der Waals surface area contributed by atoms with Gasteiger partial charge in [-0.1, -0.05) is 30.3 Å². The number of hydrogen-bond donors (Lipinski definition) is 2. The van der Waals surface area contributed by atoms with Crippen molar-refractivity contribution in [3.63, 3.8) is 0 Å². The summed E-state index contributed by atoms with van der Waals surface area (Å²) in [5.74, 6) is 0.127. The van der Waals surface area contributed by atoms with Crippen LogP contribution in [0.25, 0.3) is 10.9 Å². The number of carbonyl (C=O) groups excluding carboxylic acids is 2. The maximum absolute atomic E-state index is 13.0. The Hall–Kier alpha value is -3.45. The minimum Gasteiger partial charge on any atom is -0.489 e.